The molecule has 3 nitrogen and oxygen atoms in total. The molecule has 24 heavy (non-hydrogen) atoms. The molecule has 2 rings (SSSR count). The van der Waals surface area contributed by atoms with E-state index in [0.717, 1.165) is 27.7 Å². The van der Waals surface area contributed by atoms with Gasteiger partial charge in [0.15, 0.2) is 5.52 Å². The van der Waals surface area contributed by atoms with Gasteiger partial charge in [0, 0.05) is 31.0 Å². The minimum atomic E-state index is 0. The van der Waals surface area contributed by atoms with E-state index in [1.54, 1.807) is 0 Å². The maximum atomic E-state index is 12.5. The summed E-state index contributed by atoms with van der Waals surface area (Å²) in [5.41, 5.74) is 3.12. The van der Waals surface area contributed by atoms with Crippen molar-refractivity contribution < 1.29 is 14.3 Å². The van der Waals surface area contributed by atoms with Crippen molar-refractivity contribution in [3.63, 3.8) is 0 Å². The molecule has 0 aliphatic rings. The Bertz CT molecular complexity index is 636. The second-order valence-corrected chi connectivity index (χ2v) is 6.57. The first-order chi connectivity index (χ1) is 11.1. The third-order valence-electron chi connectivity index (χ3n) is 3.52. The van der Waals surface area contributed by atoms with Crippen LogP contribution in [0.4, 0.5) is 0 Å². The molecule has 1 radical (unpaired) electrons. The van der Waals surface area contributed by atoms with E-state index >= 15 is 0 Å². The SMILES string of the molecule is CCOCCOc1ccc(PC(=O)c2c(C)cccc2C)cc1.[Li]. The van der Waals surface area contributed by atoms with Crippen LogP contribution >= 0.6 is 8.58 Å². The summed E-state index contributed by atoms with van der Waals surface area (Å²) in [7, 11) is 0.128. The molecule has 0 aliphatic carbocycles. The molecule has 0 saturated carbocycles. The number of hydrogen-bond donors (Lipinski definition) is 0. The van der Waals surface area contributed by atoms with Gasteiger partial charge in [0.2, 0.25) is 0 Å². The van der Waals surface area contributed by atoms with Crippen LogP contribution < -0.4 is 10.0 Å². The first-order valence-electron chi connectivity index (χ1n) is 7.80. The fraction of sp³-hybridized carbons (Fsp3) is 0.316. The number of rotatable bonds is 8. The standard InChI is InChI=1S/C19H23O3P.Li/c1-4-21-12-13-22-16-8-10-17(11-9-16)23-19(20)18-14(2)6-5-7-15(18)3;/h5-11,23H,4,12-13H2,1-3H3;. The molecule has 0 saturated heterocycles. The average Bonchev–Trinajstić information content (AvgIpc) is 2.53. The molecule has 0 heterocycles. The third-order valence-corrected chi connectivity index (χ3v) is 4.62. The third kappa shape index (κ3) is 6.08. The van der Waals surface area contributed by atoms with E-state index in [2.05, 4.69) is 0 Å². The monoisotopic (exact) mass is 337 g/mol. The number of carbonyl (C=O) groups is 1. The molecule has 2 aromatic carbocycles. The van der Waals surface area contributed by atoms with Crippen molar-refractivity contribution in [3.05, 3.63) is 59.2 Å². The molecule has 123 valence electrons. The molecule has 0 spiro atoms. The summed E-state index contributed by atoms with van der Waals surface area (Å²) in [6, 6.07) is 13.7. The molecule has 0 fully saturated rings. The van der Waals surface area contributed by atoms with E-state index in [4.69, 9.17) is 9.47 Å². The Morgan fingerprint density at radius 3 is 2.21 bits per heavy atom. The first kappa shape index (κ1) is 20.9. The Hall–Kier alpha value is -1.10. The van der Waals surface area contributed by atoms with Gasteiger partial charge in [-0.3, -0.25) is 4.79 Å². The van der Waals surface area contributed by atoms with Crippen molar-refractivity contribution in [3.8, 4) is 5.75 Å². The van der Waals surface area contributed by atoms with Gasteiger partial charge < -0.3 is 9.47 Å². The molecule has 0 aliphatic heterocycles. The summed E-state index contributed by atoms with van der Waals surface area (Å²) < 4.78 is 10.8. The maximum Gasteiger partial charge on any atom is 0.186 e. The van der Waals surface area contributed by atoms with Crippen molar-refractivity contribution in [2.24, 2.45) is 0 Å². The van der Waals surface area contributed by atoms with Crippen LogP contribution in [0.2, 0.25) is 0 Å². The van der Waals surface area contributed by atoms with Crippen molar-refractivity contribution in [2.75, 3.05) is 19.8 Å². The number of aryl methyl sites for hydroxylation is 2. The van der Waals surface area contributed by atoms with Gasteiger partial charge >= 0.3 is 0 Å². The molecular weight excluding hydrogens is 314 g/mol. The van der Waals surface area contributed by atoms with Gasteiger partial charge in [-0.15, -0.1) is 0 Å². The topological polar surface area (TPSA) is 35.5 Å². The largest absolute Gasteiger partial charge is 0.491 e. The van der Waals surface area contributed by atoms with E-state index in [0.29, 0.717) is 19.8 Å². The van der Waals surface area contributed by atoms with Crippen LogP contribution in [0.1, 0.15) is 28.4 Å². The van der Waals surface area contributed by atoms with Crippen molar-refractivity contribution in [2.45, 2.75) is 20.8 Å². The maximum absolute atomic E-state index is 12.5. The van der Waals surface area contributed by atoms with Crippen LogP contribution in [0.5, 0.6) is 5.75 Å². The molecule has 0 N–H and O–H groups in total. The summed E-state index contributed by atoms with van der Waals surface area (Å²) in [4.78, 5) is 12.5. The molecule has 0 amide bonds. The van der Waals surface area contributed by atoms with Gasteiger partial charge in [-0.25, -0.2) is 0 Å². The number of carbonyl (C=O) groups excluding carboxylic acids is 1. The van der Waals surface area contributed by atoms with Crippen molar-refractivity contribution >= 4 is 38.3 Å². The second-order valence-electron chi connectivity index (χ2n) is 5.29. The summed E-state index contributed by atoms with van der Waals surface area (Å²) in [5.74, 6) is 0.803. The summed E-state index contributed by atoms with van der Waals surface area (Å²) in [6.45, 7) is 7.76. The average molecular weight is 337 g/mol. The molecule has 5 heteroatoms. The quantitative estimate of drug-likeness (QED) is 0.420. The zero-order chi connectivity index (χ0) is 16.7. The summed E-state index contributed by atoms with van der Waals surface area (Å²) >= 11 is 0. The van der Waals surface area contributed by atoms with Crippen LogP contribution in [0.15, 0.2) is 42.5 Å². The van der Waals surface area contributed by atoms with Gasteiger partial charge in [-0.05, 0) is 57.9 Å². The van der Waals surface area contributed by atoms with Gasteiger partial charge in [-0.2, -0.15) is 0 Å². The normalized spacial score (nSPS) is 10.6. The summed E-state index contributed by atoms with van der Waals surface area (Å²) in [6.07, 6.45) is 0. The molecule has 0 bridgehead atoms. The molecule has 1 unspecified atom stereocenters. The Balaban J connectivity index is 0.00000288. The molecule has 2 aromatic rings. The van der Waals surface area contributed by atoms with Crippen molar-refractivity contribution in [1.82, 2.24) is 0 Å². The Kier molecular flexibility index (Phi) is 9.33. The Morgan fingerprint density at radius 1 is 1.00 bits per heavy atom. The Morgan fingerprint density at radius 2 is 1.62 bits per heavy atom. The van der Waals surface area contributed by atoms with Gasteiger partial charge in [0.05, 0.1) is 6.61 Å². The number of ether oxygens (including phenoxy) is 2. The molecular formula is C19H23LiO3P. The minimum absolute atomic E-state index is 0. The van der Waals surface area contributed by atoms with Gasteiger partial charge in [-0.1, -0.05) is 30.3 Å². The first-order valence-corrected chi connectivity index (χ1v) is 8.80. The second kappa shape index (κ2) is 10.7. The zero-order valence-corrected chi connectivity index (χ0v) is 15.9. The minimum Gasteiger partial charge on any atom is -0.491 e. The molecule has 1 atom stereocenters. The predicted octanol–water partition coefficient (Wildman–Crippen LogP) is 3.48. The fourth-order valence-corrected chi connectivity index (χ4v) is 3.48. The van der Waals surface area contributed by atoms with Crippen LogP contribution in [0.3, 0.4) is 0 Å². The van der Waals surface area contributed by atoms with E-state index < -0.39 is 0 Å². The van der Waals surface area contributed by atoms with Crippen LogP contribution in [-0.2, 0) is 4.74 Å². The van der Waals surface area contributed by atoms with Crippen LogP contribution in [0, 0.1) is 13.8 Å². The van der Waals surface area contributed by atoms with Crippen LogP contribution in [-0.4, -0.2) is 44.2 Å². The van der Waals surface area contributed by atoms with E-state index in [1.165, 1.54) is 0 Å². The van der Waals surface area contributed by atoms with E-state index in [-0.39, 0.29) is 33.0 Å². The number of benzene rings is 2. The van der Waals surface area contributed by atoms with E-state index in [1.807, 2.05) is 63.2 Å². The molecule has 0 aromatic heterocycles. The van der Waals surface area contributed by atoms with Crippen molar-refractivity contribution in [1.29, 1.82) is 0 Å². The van der Waals surface area contributed by atoms with E-state index in [9.17, 15) is 4.79 Å². The smallest absolute Gasteiger partial charge is 0.186 e. The Labute approximate surface area is 158 Å². The fourth-order valence-electron chi connectivity index (χ4n) is 2.36. The summed E-state index contributed by atoms with van der Waals surface area (Å²) in [5, 5.41) is 1.02. The van der Waals surface area contributed by atoms with Gasteiger partial charge in [0.25, 0.3) is 0 Å². The van der Waals surface area contributed by atoms with Gasteiger partial charge in [0.1, 0.15) is 12.4 Å². The predicted molar refractivity (Wildman–Crippen MR) is 102 cm³/mol. The van der Waals surface area contributed by atoms with Crippen LogP contribution in [0.25, 0.3) is 0 Å². The number of hydrogen-bond acceptors (Lipinski definition) is 3. The zero-order valence-electron chi connectivity index (χ0n) is 14.9.